The highest BCUT2D eigenvalue weighted by atomic mass is 16.5. The lowest BCUT2D eigenvalue weighted by Crippen LogP contribution is -2.24. The molecule has 0 spiro atoms. The van der Waals surface area contributed by atoms with Gasteiger partial charge in [0.15, 0.2) is 0 Å². The topological polar surface area (TPSA) is 88.3 Å². The zero-order chi connectivity index (χ0) is 16.9. The highest BCUT2D eigenvalue weighted by molar-refractivity contribution is 5.89. The van der Waals surface area contributed by atoms with E-state index in [1.807, 2.05) is 49.4 Å². The number of amides is 2. The van der Waals surface area contributed by atoms with Gasteiger partial charge in [-0.05, 0) is 43.3 Å². The molecule has 2 aromatic carbocycles. The van der Waals surface area contributed by atoms with E-state index >= 15 is 0 Å². The number of H-pyrrole nitrogens is 1. The van der Waals surface area contributed by atoms with E-state index in [1.165, 1.54) is 0 Å². The molecule has 0 saturated heterocycles. The van der Waals surface area contributed by atoms with E-state index in [2.05, 4.69) is 20.6 Å². The van der Waals surface area contributed by atoms with Crippen molar-refractivity contribution >= 4 is 23.0 Å². The number of nitrogens with zero attached hydrogens (tertiary/aromatic N) is 1. The van der Waals surface area contributed by atoms with Gasteiger partial charge in [-0.1, -0.05) is 0 Å². The molecule has 0 aliphatic rings. The van der Waals surface area contributed by atoms with Crippen molar-refractivity contribution in [2.24, 2.45) is 0 Å². The monoisotopic (exact) mass is 326 g/mol. The van der Waals surface area contributed by atoms with Crippen LogP contribution in [0.4, 0.5) is 10.7 Å². The van der Waals surface area contributed by atoms with Gasteiger partial charge in [-0.3, -0.25) is 5.32 Å². The van der Waals surface area contributed by atoms with E-state index in [-0.39, 0.29) is 6.03 Å². The Kier molecular flexibility index (Phi) is 4.51. The molecule has 1 aromatic heterocycles. The summed E-state index contributed by atoms with van der Waals surface area (Å²) in [4.78, 5) is 18.6. The summed E-state index contributed by atoms with van der Waals surface area (Å²) in [6, 6.07) is 12.6. The lowest BCUT2D eigenvalue weighted by atomic mass is 10.3. The molecule has 7 heteroatoms. The smallest absolute Gasteiger partial charge is 0.321 e. The van der Waals surface area contributed by atoms with Gasteiger partial charge in [0.1, 0.15) is 17.2 Å². The van der Waals surface area contributed by atoms with Gasteiger partial charge in [-0.2, -0.15) is 0 Å². The number of aromatic nitrogens is 2. The van der Waals surface area contributed by atoms with E-state index in [0.717, 1.165) is 16.8 Å². The Morgan fingerprint density at radius 3 is 2.54 bits per heavy atom. The number of hydrogen-bond donors (Lipinski definition) is 3. The Balaban J connectivity index is 1.76. The summed E-state index contributed by atoms with van der Waals surface area (Å²) in [5, 5.41) is 5.07. The standard InChI is InChI=1S/C17H18N4O3/c1-3-23-11-4-6-12(7-5-11)24-13-8-9-14-15(10-13)20-16(19-14)21-17(22)18-2/h4-10H,3H2,1-2H3,(H3,18,19,20,21,22). The molecule has 0 bridgehead atoms. The third-order valence-electron chi connectivity index (χ3n) is 3.28. The van der Waals surface area contributed by atoms with Gasteiger partial charge >= 0.3 is 6.03 Å². The number of anilines is 1. The van der Waals surface area contributed by atoms with Crippen molar-refractivity contribution in [3.8, 4) is 17.2 Å². The number of rotatable bonds is 5. The summed E-state index contributed by atoms with van der Waals surface area (Å²) < 4.78 is 11.2. The fraction of sp³-hybridized carbons (Fsp3) is 0.176. The molecular weight excluding hydrogens is 308 g/mol. The van der Waals surface area contributed by atoms with Gasteiger partial charge in [0.25, 0.3) is 0 Å². The quantitative estimate of drug-likeness (QED) is 0.669. The molecule has 3 N–H and O–H groups in total. The van der Waals surface area contributed by atoms with Crippen molar-refractivity contribution in [3.63, 3.8) is 0 Å². The molecule has 124 valence electrons. The van der Waals surface area contributed by atoms with E-state index in [0.29, 0.717) is 24.1 Å². The zero-order valence-electron chi connectivity index (χ0n) is 13.4. The number of carbonyl (C=O) groups is 1. The Labute approximate surface area is 139 Å². The maximum Gasteiger partial charge on any atom is 0.321 e. The van der Waals surface area contributed by atoms with Gasteiger partial charge in [0.2, 0.25) is 5.95 Å². The van der Waals surface area contributed by atoms with Crippen molar-refractivity contribution in [3.05, 3.63) is 42.5 Å². The van der Waals surface area contributed by atoms with Gasteiger partial charge in [-0.25, -0.2) is 9.78 Å². The Bertz CT molecular complexity index is 843. The number of benzene rings is 2. The Hall–Kier alpha value is -3.22. The summed E-state index contributed by atoms with van der Waals surface area (Å²) in [5.74, 6) is 2.56. The maximum atomic E-state index is 11.3. The number of urea groups is 1. The van der Waals surface area contributed by atoms with E-state index < -0.39 is 0 Å². The van der Waals surface area contributed by atoms with Crippen molar-refractivity contribution < 1.29 is 14.3 Å². The molecule has 0 radical (unpaired) electrons. The average Bonchev–Trinajstić information content (AvgIpc) is 2.98. The Morgan fingerprint density at radius 1 is 1.12 bits per heavy atom. The van der Waals surface area contributed by atoms with Crippen LogP contribution in [0.2, 0.25) is 0 Å². The Morgan fingerprint density at radius 2 is 1.83 bits per heavy atom. The number of aromatic amines is 1. The molecule has 2 amide bonds. The molecule has 0 aliphatic heterocycles. The minimum Gasteiger partial charge on any atom is -0.494 e. The highest BCUT2D eigenvalue weighted by Crippen LogP contribution is 2.26. The molecule has 0 unspecified atom stereocenters. The maximum absolute atomic E-state index is 11.3. The average molecular weight is 326 g/mol. The normalized spacial score (nSPS) is 10.4. The van der Waals surface area contributed by atoms with Crippen LogP contribution in [-0.4, -0.2) is 29.7 Å². The van der Waals surface area contributed by atoms with Crippen LogP contribution in [0.5, 0.6) is 17.2 Å². The predicted molar refractivity (Wildman–Crippen MR) is 91.9 cm³/mol. The third kappa shape index (κ3) is 3.57. The minimum absolute atomic E-state index is 0.333. The van der Waals surface area contributed by atoms with Crippen molar-refractivity contribution in [2.75, 3.05) is 19.0 Å². The third-order valence-corrected chi connectivity index (χ3v) is 3.28. The van der Waals surface area contributed by atoms with Crippen LogP contribution in [0, 0.1) is 0 Å². The first-order valence-electron chi connectivity index (χ1n) is 7.57. The van der Waals surface area contributed by atoms with Crippen LogP contribution >= 0.6 is 0 Å². The molecule has 1 heterocycles. The van der Waals surface area contributed by atoms with Crippen LogP contribution < -0.4 is 20.1 Å². The number of nitrogens with one attached hydrogen (secondary N) is 3. The second-order valence-electron chi connectivity index (χ2n) is 4.97. The van der Waals surface area contributed by atoms with Crippen LogP contribution in [0.15, 0.2) is 42.5 Å². The minimum atomic E-state index is -0.333. The second kappa shape index (κ2) is 6.91. The lowest BCUT2D eigenvalue weighted by molar-refractivity contribution is 0.254. The number of carbonyl (C=O) groups excluding carboxylic acids is 1. The molecule has 0 fully saturated rings. The first-order valence-corrected chi connectivity index (χ1v) is 7.57. The van der Waals surface area contributed by atoms with Crippen molar-refractivity contribution in [1.82, 2.24) is 15.3 Å². The largest absolute Gasteiger partial charge is 0.494 e. The summed E-state index contributed by atoms with van der Waals surface area (Å²) in [6.07, 6.45) is 0. The van der Waals surface area contributed by atoms with Gasteiger partial charge in [0.05, 0.1) is 17.6 Å². The second-order valence-corrected chi connectivity index (χ2v) is 4.97. The number of imidazole rings is 1. The number of fused-ring (bicyclic) bond motifs is 1. The zero-order valence-corrected chi connectivity index (χ0v) is 13.4. The first kappa shape index (κ1) is 15.7. The predicted octanol–water partition coefficient (Wildman–Crippen LogP) is 3.51. The molecule has 3 rings (SSSR count). The van der Waals surface area contributed by atoms with Gasteiger partial charge in [-0.15, -0.1) is 0 Å². The molecule has 0 aliphatic carbocycles. The molecule has 7 nitrogen and oxygen atoms in total. The summed E-state index contributed by atoms with van der Waals surface area (Å²) in [7, 11) is 1.54. The first-order chi connectivity index (χ1) is 11.7. The molecule has 0 atom stereocenters. The van der Waals surface area contributed by atoms with E-state index in [4.69, 9.17) is 9.47 Å². The van der Waals surface area contributed by atoms with E-state index in [1.54, 1.807) is 7.05 Å². The van der Waals surface area contributed by atoms with Crippen LogP contribution in [-0.2, 0) is 0 Å². The van der Waals surface area contributed by atoms with Crippen LogP contribution in [0.25, 0.3) is 11.0 Å². The fourth-order valence-electron chi connectivity index (χ4n) is 2.19. The summed E-state index contributed by atoms with van der Waals surface area (Å²) in [5.41, 5.74) is 1.50. The SMILES string of the molecule is CCOc1ccc(Oc2ccc3nc(NC(=O)NC)[nH]c3c2)cc1. The molecule has 0 saturated carbocycles. The number of hydrogen-bond acceptors (Lipinski definition) is 4. The molecule has 3 aromatic rings. The molecule has 24 heavy (non-hydrogen) atoms. The van der Waals surface area contributed by atoms with Crippen LogP contribution in [0.3, 0.4) is 0 Å². The van der Waals surface area contributed by atoms with Gasteiger partial charge in [0, 0.05) is 13.1 Å². The van der Waals surface area contributed by atoms with Crippen LogP contribution in [0.1, 0.15) is 6.92 Å². The number of ether oxygens (including phenoxy) is 2. The summed E-state index contributed by atoms with van der Waals surface area (Å²) in [6.45, 7) is 2.57. The van der Waals surface area contributed by atoms with E-state index in [9.17, 15) is 4.79 Å². The van der Waals surface area contributed by atoms with Crippen molar-refractivity contribution in [2.45, 2.75) is 6.92 Å². The summed E-state index contributed by atoms with van der Waals surface area (Å²) >= 11 is 0. The highest BCUT2D eigenvalue weighted by Gasteiger charge is 2.07. The lowest BCUT2D eigenvalue weighted by Gasteiger charge is -2.07. The fourth-order valence-corrected chi connectivity index (χ4v) is 2.19. The van der Waals surface area contributed by atoms with Gasteiger partial charge < -0.3 is 19.8 Å². The molecular formula is C17H18N4O3. The van der Waals surface area contributed by atoms with Crippen molar-refractivity contribution in [1.29, 1.82) is 0 Å².